The molecule has 9 nitrogen and oxygen atoms in total. The lowest BCUT2D eigenvalue weighted by Gasteiger charge is -2.40. The van der Waals surface area contributed by atoms with Crippen molar-refractivity contribution in [3.05, 3.63) is 70.6 Å². The zero-order valence-corrected chi connectivity index (χ0v) is 18.8. The highest BCUT2D eigenvalue weighted by Gasteiger charge is 2.52. The van der Waals surface area contributed by atoms with Gasteiger partial charge in [-0.25, -0.2) is 9.59 Å². The Morgan fingerprint density at radius 2 is 1.68 bits per heavy atom. The number of imide groups is 1. The molecule has 2 aromatic carbocycles. The monoisotopic (exact) mass is 461 g/mol. The minimum Gasteiger partial charge on any atom is -0.343 e. The molecular formula is C25H27N5O4. The highest BCUT2D eigenvalue weighted by atomic mass is 16.2. The lowest BCUT2D eigenvalue weighted by molar-refractivity contribution is -0.134. The molecule has 0 spiro atoms. The van der Waals surface area contributed by atoms with Gasteiger partial charge in [-0.2, -0.15) is 0 Å². The summed E-state index contributed by atoms with van der Waals surface area (Å²) in [4.78, 5) is 54.7. The Morgan fingerprint density at radius 3 is 2.38 bits per heavy atom. The van der Waals surface area contributed by atoms with Crippen LogP contribution in [0.4, 0.5) is 4.79 Å². The van der Waals surface area contributed by atoms with Crippen LogP contribution in [0.3, 0.4) is 0 Å². The van der Waals surface area contributed by atoms with Crippen LogP contribution in [-0.2, 0) is 22.6 Å². The van der Waals surface area contributed by atoms with Crippen molar-refractivity contribution in [1.82, 2.24) is 25.1 Å². The van der Waals surface area contributed by atoms with E-state index in [-0.39, 0.29) is 29.8 Å². The summed E-state index contributed by atoms with van der Waals surface area (Å²) in [5.74, 6) is -0.406. The molecule has 3 N–H and O–H groups in total. The van der Waals surface area contributed by atoms with Crippen LogP contribution in [0.15, 0.2) is 59.4 Å². The number of imidazole rings is 1. The maximum atomic E-state index is 12.9. The van der Waals surface area contributed by atoms with Gasteiger partial charge < -0.3 is 15.2 Å². The quantitative estimate of drug-likeness (QED) is 0.485. The van der Waals surface area contributed by atoms with Crippen molar-refractivity contribution in [2.24, 2.45) is 5.92 Å². The first-order valence-electron chi connectivity index (χ1n) is 11.6. The van der Waals surface area contributed by atoms with E-state index in [0.29, 0.717) is 38.9 Å². The number of hydrogen-bond donors (Lipinski definition) is 3. The zero-order valence-electron chi connectivity index (χ0n) is 18.8. The summed E-state index contributed by atoms with van der Waals surface area (Å²) in [6, 6.07) is 16.6. The van der Waals surface area contributed by atoms with Crippen LogP contribution in [0, 0.1) is 5.92 Å². The summed E-state index contributed by atoms with van der Waals surface area (Å²) in [6.45, 7) is 1.32. The number of urea groups is 1. The number of fused-ring (bicyclic) bond motifs is 1. The smallest absolute Gasteiger partial charge is 0.326 e. The van der Waals surface area contributed by atoms with E-state index in [1.165, 1.54) is 0 Å². The summed E-state index contributed by atoms with van der Waals surface area (Å²) in [7, 11) is 0. The van der Waals surface area contributed by atoms with Gasteiger partial charge in [0.15, 0.2) is 0 Å². The Morgan fingerprint density at radius 1 is 0.971 bits per heavy atom. The van der Waals surface area contributed by atoms with E-state index in [1.807, 2.05) is 54.6 Å². The number of nitrogens with zero attached hydrogens (tertiary/aromatic N) is 2. The number of carbonyl (C=O) groups excluding carboxylic acids is 3. The first-order valence-corrected chi connectivity index (χ1v) is 11.6. The molecule has 3 heterocycles. The van der Waals surface area contributed by atoms with E-state index in [4.69, 9.17) is 0 Å². The summed E-state index contributed by atoms with van der Waals surface area (Å²) in [5, 5.41) is 5.31. The molecule has 0 aliphatic carbocycles. The van der Waals surface area contributed by atoms with Crippen molar-refractivity contribution in [3.63, 3.8) is 0 Å². The van der Waals surface area contributed by atoms with Gasteiger partial charge in [0, 0.05) is 32.5 Å². The van der Waals surface area contributed by atoms with Crippen molar-refractivity contribution < 1.29 is 14.4 Å². The van der Waals surface area contributed by atoms with E-state index in [9.17, 15) is 19.2 Å². The van der Waals surface area contributed by atoms with Crippen molar-refractivity contribution in [1.29, 1.82) is 0 Å². The maximum Gasteiger partial charge on any atom is 0.326 e. The third-order valence-corrected chi connectivity index (χ3v) is 7.07. The molecule has 4 amide bonds. The Bertz CT molecular complexity index is 1290. The van der Waals surface area contributed by atoms with Crippen LogP contribution in [-0.4, -0.2) is 50.9 Å². The molecule has 2 saturated heterocycles. The molecule has 1 atom stereocenters. The molecule has 2 fully saturated rings. The predicted octanol–water partition coefficient (Wildman–Crippen LogP) is 1.78. The number of carbonyl (C=O) groups is 3. The van der Waals surface area contributed by atoms with E-state index >= 15 is 0 Å². The number of hydrogen-bond acceptors (Lipinski definition) is 4. The van der Waals surface area contributed by atoms with Gasteiger partial charge in [0.1, 0.15) is 5.54 Å². The average Bonchev–Trinajstić information content (AvgIpc) is 3.32. The van der Waals surface area contributed by atoms with Crippen molar-refractivity contribution in [2.75, 3.05) is 13.1 Å². The molecule has 2 aliphatic rings. The minimum absolute atomic E-state index is 0.0207. The highest BCUT2D eigenvalue weighted by Crippen LogP contribution is 2.34. The first-order chi connectivity index (χ1) is 16.5. The third-order valence-electron chi connectivity index (χ3n) is 7.07. The lowest BCUT2D eigenvalue weighted by atomic mass is 9.74. The first kappa shape index (κ1) is 21.9. The average molecular weight is 462 g/mol. The van der Waals surface area contributed by atoms with Crippen LogP contribution in [0.25, 0.3) is 11.0 Å². The summed E-state index contributed by atoms with van der Waals surface area (Å²) in [5.41, 5.74) is 1.28. The molecule has 176 valence electrons. The van der Waals surface area contributed by atoms with Crippen LogP contribution in [0.2, 0.25) is 0 Å². The van der Waals surface area contributed by atoms with Crippen LogP contribution >= 0.6 is 0 Å². The number of para-hydroxylation sites is 2. The number of likely N-dealkylation sites (tertiary alicyclic amines) is 1. The van der Waals surface area contributed by atoms with Gasteiger partial charge in [0.2, 0.25) is 5.91 Å². The number of aromatic amines is 1. The summed E-state index contributed by atoms with van der Waals surface area (Å²) in [6.07, 6.45) is 1.85. The Balaban J connectivity index is 1.24. The molecule has 0 radical (unpaired) electrons. The topological polar surface area (TPSA) is 116 Å². The van der Waals surface area contributed by atoms with Crippen molar-refractivity contribution in [2.45, 2.75) is 37.8 Å². The van der Waals surface area contributed by atoms with Gasteiger partial charge in [-0.15, -0.1) is 0 Å². The van der Waals surface area contributed by atoms with Gasteiger partial charge in [-0.1, -0.05) is 42.5 Å². The number of aromatic nitrogens is 2. The minimum atomic E-state index is -1.01. The number of benzene rings is 2. The van der Waals surface area contributed by atoms with Gasteiger partial charge in [0.05, 0.1) is 11.0 Å². The molecule has 3 aromatic rings. The highest BCUT2D eigenvalue weighted by molar-refractivity contribution is 6.07. The summed E-state index contributed by atoms with van der Waals surface area (Å²) < 4.78 is 1.59. The fraction of sp³-hybridized carbons (Fsp3) is 0.360. The SMILES string of the molecule is O=C1NC(=O)C(Cc2ccccc2)(C2CCN(C(=O)CCn3c(=O)[nH]c4ccccc43)CC2)N1. The lowest BCUT2D eigenvalue weighted by Crippen LogP contribution is -2.58. The summed E-state index contributed by atoms with van der Waals surface area (Å²) >= 11 is 0. The fourth-order valence-corrected chi connectivity index (χ4v) is 5.30. The second-order valence-corrected chi connectivity index (χ2v) is 9.05. The number of nitrogens with one attached hydrogen (secondary N) is 3. The molecule has 1 unspecified atom stereocenters. The van der Waals surface area contributed by atoms with Gasteiger partial charge in [0.25, 0.3) is 5.91 Å². The Hall–Kier alpha value is -3.88. The molecule has 9 heteroatoms. The van der Waals surface area contributed by atoms with E-state index < -0.39 is 11.6 Å². The van der Waals surface area contributed by atoms with E-state index in [2.05, 4.69) is 15.6 Å². The fourth-order valence-electron chi connectivity index (χ4n) is 5.30. The number of amides is 4. The number of piperidine rings is 1. The Labute approximate surface area is 196 Å². The van der Waals surface area contributed by atoms with Crippen LogP contribution in [0.5, 0.6) is 0 Å². The molecule has 34 heavy (non-hydrogen) atoms. The van der Waals surface area contributed by atoms with Gasteiger partial charge in [-0.05, 0) is 36.5 Å². The van der Waals surface area contributed by atoms with Crippen LogP contribution in [0.1, 0.15) is 24.8 Å². The standard InChI is InChI=1S/C25H27N5O4/c31-21(12-15-30-20-9-5-4-8-19(20)26-24(30)34)29-13-10-18(11-14-29)25(22(32)27-23(33)28-25)16-17-6-2-1-3-7-17/h1-9,18H,10-16H2,(H,26,34)(H2,27,28,32,33). The van der Waals surface area contributed by atoms with Crippen LogP contribution < -0.4 is 16.3 Å². The molecule has 0 saturated carbocycles. The molecule has 0 bridgehead atoms. The second-order valence-electron chi connectivity index (χ2n) is 9.05. The normalized spacial score (nSPS) is 21.0. The number of aryl methyl sites for hydroxylation is 1. The third kappa shape index (κ3) is 3.98. The molecule has 2 aliphatic heterocycles. The van der Waals surface area contributed by atoms with Crippen molar-refractivity contribution in [3.8, 4) is 0 Å². The van der Waals surface area contributed by atoms with E-state index in [1.54, 1.807) is 9.47 Å². The molecule has 5 rings (SSSR count). The number of H-pyrrole nitrogens is 1. The van der Waals surface area contributed by atoms with Gasteiger partial charge >= 0.3 is 11.7 Å². The van der Waals surface area contributed by atoms with Crippen molar-refractivity contribution >= 4 is 28.9 Å². The maximum absolute atomic E-state index is 12.9. The second kappa shape index (κ2) is 8.81. The Kier molecular flexibility index (Phi) is 5.69. The van der Waals surface area contributed by atoms with Gasteiger partial charge in [-0.3, -0.25) is 19.5 Å². The van der Waals surface area contributed by atoms with E-state index in [0.717, 1.165) is 16.6 Å². The molecule has 1 aromatic heterocycles. The number of rotatable bonds is 6. The predicted molar refractivity (Wildman–Crippen MR) is 126 cm³/mol. The largest absolute Gasteiger partial charge is 0.343 e. The zero-order chi connectivity index (χ0) is 23.7. The molecular weight excluding hydrogens is 434 g/mol.